The van der Waals surface area contributed by atoms with Crippen LogP contribution < -0.4 is 10.6 Å². The van der Waals surface area contributed by atoms with E-state index in [1.165, 1.54) is 12.8 Å². The minimum atomic E-state index is -0.344. The quantitative estimate of drug-likeness (QED) is 0.481. The molecule has 30 heavy (non-hydrogen) atoms. The van der Waals surface area contributed by atoms with Crippen molar-refractivity contribution >= 4 is 23.3 Å². The highest BCUT2D eigenvalue weighted by molar-refractivity contribution is 6.02. The van der Waals surface area contributed by atoms with E-state index in [-0.39, 0.29) is 12.0 Å². The molecule has 0 unspecified atom stereocenters. The van der Waals surface area contributed by atoms with Gasteiger partial charge in [-0.05, 0) is 43.5 Å². The van der Waals surface area contributed by atoms with Crippen LogP contribution >= 0.6 is 0 Å². The molecule has 0 bridgehead atoms. The van der Waals surface area contributed by atoms with Gasteiger partial charge in [-0.15, -0.1) is 5.10 Å². The van der Waals surface area contributed by atoms with Crippen molar-refractivity contribution in [2.45, 2.75) is 32.6 Å². The van der Waals surface area contributed by atoms with Crippen LogP contribution in [-0.4, -0.2) is 45.0 Å². The summed E-state index contributed by atoms with van der Waals surface area (Å²) in [6.45, 7) is 2.37. The molecule has 1 aliphatic carbocycles. The number of rotatable bonds is 6. The number of oxime groups is 1. The molecule has 0 aliphatic heterocycles. The van der Waals surface area contributed by atoms with E-state index in [4.69, 9.17) is 4.84 Å². The number of hydrogen-bond acceptors (Lipinski definition) is 6. The number of urea groups is 1. The largest absolute Gasteiger partial charge is 0.399 e. The molecule has 0 radical (unpaired) electrons. The molecule has 2 amide bonds. The van der Waals surface area contributed by atoms with Gasteiger partial charge < -0.3 is 10.2 Å². The Morgan fingerprint density at radius 3 is 2.83 bits per heavy atom. The van der Waals surface area contributed by atoms with E-state index >= 15 is 0 Å². The Morgan fingerprint density at radius 1 is 1.30 bits per heavy atom. The summed E-state index contributed by atoms with van der Waals surface area (Å²) < 4.78 is 1.72. The first kappa shape index (κ1) is 19.8. The van der Waals surface area contributed by atoms with Crippen molar-refractivity contribution in [1.29, 1.82) is 0 Å². The molecular weight excluding hydrogens is 382 g/mol. The third-order valence-corrected chi connectivity index (χ3v) is 5.19. The fourth-order valence-electron chi connectivity index (χ4n) is 3.85. The van der Waals surface area contributed by atoms with Gasteiger partial charge in [0.05, 0.1) is 5.69 Å². The van der Waals surface area contributed by atoms with E-state index in [1.807, 2.05) is 37.4 Å². The average molecular weight is 407 g/mol. The molecule has 3 aromatic heterocycles. The number of hydrogen-bond donors (Lipinski definition) is 2. The highest BCUT2D eigenvalue weighted by Crippen LogP contribution is 2.31. The Hall–Kier alpha value is -3.49. The summed E-state index contributed by atoms with van der Waals surface area (Å²) in [7, 11) is 1.56. The van der Waals surface area contributed by atoms with E-state index in [2.05, 4.69) is 30.9 Å². The van der Waals surface area contributed by atoms with Crippen LogP contribution in [0.15, 0.2) is 41.8 Å². The second-order valence-electron chi connectivity index (χ2n) is 7.20. The lowest BCUT2D eigenvalue weighted by Crippen LogP contribution is -2.28. The predicted octanol–water partition coefficient (Wildman–Crippen LogP) is 3.47. The van der Waals surface area contributed by atoms with Gasteiger partial charge in [-0.3, -0.25) is 10.3 Å². The van der Waals surface area contributed by atoms with Crippen molar-refractivity contribution < 1.29 is 9.63 Å². The van der Waals surface area contributed by atoms with Crippen molar-refractivity contribution in [2.24, 2.45) is 11.1 Å². The van der Waals surface area contributed by atoms with Crippen LogP contribution in [0, 0.1) is 5.92 Å². The van der Waals surface area contributed by atoms with Crippen LogP contribution in [0.25, 0.3) is 16.8 Å². The summed E-state index contributed by atoms with van der Waals surface area (Å²) in [5.41, 5.74) is 4.17. The molecule has 1 saturated carbocycles. The van der Waals surface area contributed by atoms with Crippen LogP contribution in [0.2, 0.25) is 0 Å². The summed E-state index contributed by atoms with van der Waals surface area (Å²) in [5, 5.41) is 14.3. The zero-order valence-corrected chi connectivity index (χ0v) is 17.1. The molecule has 2 N–H and O–H groups in total. The molecule has 156 valence electrons. The maximum atomic E-state index is 11.9. The van der Waals surface area contributed by atoms with Crippen molar-refractivity contribution in [3.05, 3.63) is 42.4 Å². The molecule has 1 fully saturated rings. The molecule has 4 rings (SSSR count). The number of nitrogens with one attached hydrogen (secondary N) is 2. The van der Waals surface area contributed by atoms with Crippen molar-refractivity contribution in [1.82, 2.24) is 24.9 Å². The monoisotopic (exact) mass is 407 g/mol. The van der Waals surface area contributed by atoms with Gasteiger partial charge in [0, 0.05) is 30.4 Å². The number of aromatic nitrogens is 4. The van der Waals surface area contributed by atoms with E-state index in [1.54, 1.807) is 17.8 Å². The number of fused-ring (bicyclic) bond motifs is 1. The maximum Gasteiger partial charge on any atom is 0.321 e. The second kappa shape index (κ2) is 8.89. The fraction of sp³-hybridized carbons (Fsp3) is 0.381. The van der Waals surface area contributed by atoms with E-state index in [0.717, 1.165) is 35.4 Å². The van der Waals surface area contributed by atoms with Crippen molar-refractivity contribution in [3.8, 4) is 11.1 Å². The number of amides is 2. The molecule has 9 nitrogen and oxygen atoms in total. The highest BCUT2D eigenvalue weighted by Gasteiger charge is 2.26. The van der Waals surface area contributed by atoms with Crippen LogP contribution in [0.3, 0.4) is 0 Å². The standard InChI is InChI=1S/C21H25N7O2/c1-3-23-21(29)25-20-24-18-12-16(15-9-6-10-22-13-15)11-17(28(18)26-20)19(27-30-2)14-7-4-5-8-14/h6,9-14H,3-5,7-8H2,1-2H3,(H2,23,25,26,29). The molecule has 0 saturated heterocycles. The summed E-state index contributed by atoms with van der Waals surface area (Å²) in [6, 6.07) is 7.51. The summed E-state index contributed by atoms with van der Waals surface area (Å²) in [6.07, 6.45) is 7.99. The van der Waals surface area contributed by atoms with Gasteiger partial charge in [-0.25, -0.2) is 9.31 Å². The predicted molar refractivity (Wildman–Crippen MR) is 114 cm³/mol. The lowest BCUT2D eigenvalue weighted by Gasteiger charge is -2.15. The number of anilines is 1. The second-order valence-corrected chi connectivity index (χ2v) is 7.20. The molecule has 3 heterocycles. The van der Waals surface area contributed by atoms with Gasteiger partial charge in [0.25, 0.3) is 5.95 Å². The Bertz CT molecular complexity index is 1060. The minimum absolute atomic E-state index is 0.230. The summed E-state index contributed by atoms with van der Waals surface area (Å²) >= 11 is 0. The maximum absolute atomic E-state index is 11.9. The number of nitrogens with zero attached hydrogens (tertiary/aromatic N) is 5. The first-order chi connectivity index (χ1) is 14.7. The molecule has 9 heteroatoms. The van der Waals surface area contributed by atoms with E-state index in [0.29, 0.717) is 18.1 Å². The van der Waals surface area contributed by atoms with Crippen LogP contribution in [-0.2, 0) is 4.84 Å². The molecule has 0 atom stereocenters. The van der Waals surface area contributed by atoms with E-state index in [9.17, 15) is 4.79 Å². The first-order valence-electron chi connectivity index (χ1n) is 10.2. The highest BCUT2D eigenvalue weighted by atomic mass is 16.6. The van der Waals surface area contributed by atoms with Crippen LogP contribution in [0.4, 0.5) is 10.7 Å². The number of carbonyl (C=O) groups excluding carboxylic acids is 1. The first-order valence-corrected chi connectivity index (χ1v) is 10.2. The SMILES string of the molecule is CCNC(=O)Nc1nc2cc(-c3cccnc3)cc(C(=NOC)C3CCCC3)n2n1. The zero-order chi connectivity index (χ0) is 20.9. The van der Waals surface area contributed by atoms with Crippen molar-refractivity contribution in [2.75, 3.05) is 19.0 Å². The molecule has 0 aromatic carbocycles. The number of carbonyl (C=O) groups is 1. The smallest absolute Gasteiger partial charge is 0.321 e. The summed E-state index contributed by atoms with van der Waals surface area (Å²) in [5.74, 6) is 0.523. The van der Waals surface area contributed by atoms with E-state index < -0.39 is 0 Å². The Balaban J connectivity index is 1.85. The van der Waals surface area contributed by atoms with Gasteiger partial charge >= 0.3 is 6.03 Å². The summed E-state index contributed by atoms with van der Waals surface area (Å²) in [4.78, 5) is 25.9. The van der Waals surface area contributed by atoms with Crippen LogP contribution in [0.1, 0.15) is 38.3 Å². The van der Waals surface area contributed by atoms with Gasteiger partial charge in [0.2, 0.25) is 0 Å². The Morgan fingerprint density at radius 2 is 2.13 bits per heavy atom. The molecular formula is C21H25N7O2. The zero-order valence-electron chi connectivity index (χ0n) is 17.1. The normalized spacial score (nSPS) is 14.8. The third kappa shape index (κ3) is 4.10. The number of pyridine rings is 2. The molecule has 1 aliphatic rings. The fourth-order valence-corrected chi connectivity index (χ4v) is 3.85. The van der Waals surface area contributed by atoms with Gasteiger partial charge in [0.1, 0.15) is 12.8 Å². The van der Waals surface area contributed by atoms with Gasteiger partial charge in [0.15, 0.2) is 5.65 Å². The molecule has 0 spiro atoms. The van der Waals surface area contributed by atoms with Crippen molar-refractivity contribution in [3.63, 3.8) is 0 Å². The lowest BCUT2D eigenvalue weighted by molar-refractivity contribution is 0.211. The van der Waals surface area contributed by atoms with Gasteiger partial charge in [-0.1, -0.05) is 24.1 Å². The van der Waals surface area contributed by atoms with Gasteiger partial charge in [-0.2, -0.15) is 4.98 Å². The average Bonchev–Trinajstić information content (AvgIpc) is 3.42. The topological polar surface area (TPSA) is 106 Å². The Labute approximate surface area is 174 Å². The van der Waals surface area contributed by atoms with Crippen LogP contribution in [0.5, 0.6) is 0 Å². The third-order valence-electron chi connectivity index (χ3n) is 5.19. The minimum Gasteiger partial charge on any atom is -0.399 e. The lowest BCUT2D eigenvalue weighted by atomic mass is 9.97. The Kier molecular flexibility index (Phi) is 5.87. The molecule has 3 aromatic rings.